The summed E-state index contributed by atoms with van der Waals surface area (Å²) in [5, 5.41) is 9.40. The molecule has 0 saturated heterocycles. The molecule has 1 aromatic rings. The summed E-state index contributed by atoms with van der Waals surface area (Å²) in [6.45, 7) is -0.728. The van der Waals surface area contributed by atoms with Crippen molar-refractivity contribution in [3.05, 3.63) is 23.8 Å². The molecule has 0 saturated carbocycles. The monoisotopic (exact) mass is 221 g/mol. The molecule has 0 bridgehead atoms. The number of alkyl halides is 1. The normalized spacial score (nSPS) is 11.6. The second kappa shape index (κ2) is 5.67. The van der Waals surface area contributed by atoms with Crippen LogP contribution in [0.3, 0.4) is 0 Å². The second-order valence-corrected chi connectivity index (χ2v) is 2.65. The zero-order valence-electron chi connectivity index (χ0n) is 7.74. The molecule has 0 aromatic heterocycles. The number of ether oxygens (including phenoxy) is 1. The van der Waals surface area contributed by atoms with Gasteiger partial charge in [-0.2, -0.15) is 0 Å². The van der Waals surface area contributed by atoms with Gasteiger partial charge in [-0.1, -0.05) is 6.07 Å². The molecule has 5 heteroatoms. The van der Waals surface area contributed by atoms with E-state index in [1.807, 2.05) is 0 Å². The van der Waals surface area contributed by atoms with Crippen LogP contribution in [0.1, 0.15) is 11.6 Å². The average molecular weight is 222 g/mol. The summed E-state index contributed by atoms with van der Waals surface area (Å²) in [4.78, 5) is 0. The maximum absolute atomic E-state index is 12.3. The van der Waals surface area contributed by atoms with Crippen molar-refractivity contribution in [3.8, 4) is 11.5 Å². The number of phenolic OH excluding ortho intramolecular Hbond substituents is 1. The van der Waals surface area contributed by atoms with Crippen LogP contribution in [0.25, 0.3) is 0 Å². The van der Waals surface area contributed by atoms with Crippen LogP contribution in [-0.4, -0.2) is 18.9 Å². The Morgan fingerprint density at radius 1 is 1.57 bits per heavy atom. The van der Waals surface area contributed by atoms with E-state index in [9.17, 15) is 9.50 Å². The third-order valence-electron chi connectivity index (χ3n) is 1.80. The lowest BCUT2D eigenvalue weighted by atomic mass is 10.1. The summed E-state index contributed by atoms with van der Waals surface area (Å²) >= 11 is 0. The minimum absolute atomic E-state index is 0. The van der Waals surface area contributed by atoms with E-state index in [-0.39, 0.29) is 18.2 Å². The number of phenols is 1. The highest BCUT2D eigenvalue weighted by atomic mass is 35.5. The highest BCUT2D eigenvalue weighted by Gasteiger charge is 2.15. The van der Waals surface area contributed by atoms with Crippen molar-refractivity contribution in [2.75, 3.05) is 13.8 Å². The predicted octanol–water partition coefficient (Wildman–Crippen LogP) is 1.79. The zero-order chi connectivity index (χ0) is 9.84. The molecule has 80 valence electrons. The van der Waals surface area contributed by atoms with E-state index in [4.69, 9.17) is 10.5 Å². The number of rotatable bonds is 3. The van der Waals surface area contributed by atoms with Gasteiger partial charge >= 0.3 is 0 Å². The third-order valence-corrected chi connectivity index (χ3v) is 1.80. The van der Waals surface area contributed by atoms with Gasteiger partial charge in [-0.15, -0.1) is 12.4 Å². The van der Waals surface area contributed by atoms with Gasteiger partial charge in [0.15, 0.2) is 0 Å². The summed E-state index contributed by atoms with van der Waals surface area (Å²) in [5.41, 5.74) is 5.77. The van der Waals surface area contributed by atoms with Crippen LogP contribution < -0.4 is 10.5 Å². The topological polar surface area (TPSA) is 55.5 Å². The molecule has 0 fully saturated rings. The second-order valence-electron chi connectivity index (χ2n) is 2.65. The molecule has 0 aliphatic carbocycles. The first-order chi connectivity index (χ1) is 6.20. The Balaban J connectivity index is 0.00000169. The average Bonchev–Trinajstić information content (AvgIpc) is 2.16. The number of methoxy groups -OCH3 is 1. The quantitative estimate of drug-likeness (QED) is 0.818. The van der Waals surface area contributed by atoms with Crippen LogP contribution >= 0.6 is 12.4 Å². The van der Waals surface area contributed by atoms with Crippen LogP contribution in [-0.2, 0) is 0 Å². The number of nitrogens with two attached hydrogens (primary N) is 1. The summed E-state index contributed by atoms with van der Waals surface area (Å²) in [6.07, 6.45) is 0. The Morgan fingerprint density at radius 3 is 2.71 bits per heavy atom. The van der Waals surface area contributed by atoms with Crippen LogP contribution in [0.4, 0.5) is 4.39 Å². The smallest absolute Gasteiger partial charge is 0.127 e. The third kappa shape index (κ3) is 2.49. The standard InChI is InChI=1S/C9H12FNO2.ClH/c1-13-8-4-2-3-7(12)9(8)6(11)5-10;/h2-4,6,12H,5,11H2,1H3;1H/t6-;/m0./s1. The van der Waals surface area contributed by atoms with Crippen molar-refractivity contribution < 1.29 is 14.2 Å². The molecular formula is C9H13ClFNO2. The number of hydrogen-bond acceptors (Lipinski definition) is 3. The van der Waals surface area contributed by atoms with Crippen LogP contribution in [0.15, 0.2) is 18.2 Å². The summed E-state index contributed by atoms with van der Waals surface area (Å²) in [7, 11) is 1.45. The minimum Gasteiger partial charge on any atom is -0.507 e. The molecule has 14 heavy (non-hydrogen) atoms. The molecule has 0 unspecified atom stereocenters. The van der Waals surface area contributed by atoms with Gasteiger partial charge in [0.2, 0.25) is 0 Å². The van der Waals surface area contributed by atoms with E-state index in [1.165, 1.54) is 13.2 Å². The molecule has 0 amide bonds. The molecule has 3 N–H and O–H groups in total. The Hall–Kier alpha value is -1.00. The fourth-order valence-corrected chi connectivity index (χ4v) is 1.16. The number of aromatic hydroxyl groups is 1. The lowest BCUT2D eigenvalue weighted by molar-refractivity contribution is 0.374. The van der Waals surface area contributed by atoms with E-state index in [0.29, 0.717) is 11.3 Å². The Labute approximate surface area is 88.1 Å². The van der Waals surface area contributed by atoms with E-state index >= 15 is 0 Å². The summed E-state index contributed by atoms with van der Waals surface area (Å²) < 4.78 is 17.2. The molecular weight excluding hydrogens is 209 g/mol. The number of halogens is 2. The van der Waals surface area contributed by atoms with Gasteiger partial charge in [-0.25, -0.2) is 4.39 Å². The van der Waals surface area contributed by atoms with E-state index in [2.05, 4.69) is 0 Å². The van der Waals surface area contributed by atoms with Crippen LogP contribution in [0.2, 0.25) is 0 Å². The van der Waals surface area contributed by atoms with Crippen LogP contribution in [0, 0.1) is 0 Å². The predicted molar refractivity (Wildman–Crippen MR) is 54.8 cm³/mol. The van der Waals surface area contributed by atoms with Crippen LogP contribution in [0.5, 0.6) is 11.5 Å². The minimum atomic E-state index is -0.837. The lowest BCUT2D eigenvalue weighted by Gasteiger charge is -2.13. The maximum atomic E-state index is 12.3. The number of hydrogen-bond donors (Lipinski definition) is 2. The largest absolute Gasteiger partial charge is 0.507 e. The van der Waals surface area contributed by atoms with Crippen molar-refractivity contribution in [1.82, 2.24) is 0 Å². The Morgan fingerprint density at radius 2 is 2.21 bits per heavy atom. The van der Waals surface area contributed by atoms with Gasteiger partial charge in [0.05, 0.1) is 18.7 Å². The molecule has 0 spiro atoms. The number of benzene rings is 1. The summed E-state index contributed by atoms with van der Waals surface area (Å²) in [6, 6.07) is 3.86. The first-order valence-electron chi connectivity index (χ1n) is 3.88. The molecule has 1 rings (SSSR count). The molecule has 0 heterocycles. The maximum Gasteiger partial charge on any atom is 0.127 e. The van der Waals surface area contributed by atoms with Gasteiger partial charge in [-0.05, 0) is 12.1 Å². The molecule has 1 atom stereocenters. The fourth-order valence-electron chi connectivity index (χ4n) is 1.16. The Kier molecular flexibility index (Phi) is 5.27. The van der Waals surface area contributed by atoms with Crippen molar-refractivity contribution in [3.63, 3.8) is 0 Å². The van der Waals surface area contributed by atoms with Gasteiger partial charge in [0, 0.05) is 0 Å². The van der Waals surface area contributed by atoms with Gasteiger partial charge in [-0.3, -0.25) is 0 Å². The van der Waals surface area contributed by atoms with Gasteiger partial charge in [0.25, 0.3) is 0 Å². The first-order valence-corrected chi connectivity index (χ1v) is 3.88. The molecule has 0 aliphatic rings. The first kappa shape index (κ1) is 13.0. The molecule has 0 radical (unpaired) electrons. The SMILES string of the molecule is COc1cccc(O)c1[C@@H](N)CF.Cl. The highest BCUT2D eigenvalue weighted by molar-refractivity contribution is 5.85. The van der Waals surface area contributed by atoms with Gasteiger partial charge in [0.1, 0.15) is 18.2 Å². The van der Waals surface area contributed by atoms with Gasteiger partial charge < -0.3 is 15.6 Å². The molecule has 1 aromatic carbocycles. The molecule has 3 nitrogen and oxygen atoms in total. The van der Waals surface area contributed by atoms with Crippen molar-refractivity contribution in [2.45, 2.75) is 6.04 Å². The Bertz CT molecular complexity index is 296. The van der Waals surface area contributed by atoms with E-state index in [1.54, 1.807) is 12.1 Å². The fraction of sp³-hybridized carbons (Fsp3) is 0.333. The summed E-state index contributed by atoms with van der Waals surface area (Å²) in [5.74, 6) is 0.370. The van der Waals surface area contributed by atoms with Crippen molar-refractivity contribution in [2.24, 2.45) is 5.73 Å². The molecule has 0 aliphatic heterocycles. The van der Waals surface area contributed by atoms with E-state index in [0.717, 1.165) is 0 Å². The lowest BCUT2D eigenvalue weighted by Crippen LogP contribution is -2.13. The van der Waals surface area contributed by atoms with E-state index < -0.39 is 12.7 Å². The zero-order valence-corrected chi connectivity index (χ0v) is 8.55. The van der Waals surface area contributed by atoms with Crippen molar-refractivity contribution in [1.29, 1.82) is 0 Å². The highest BCUT2D eigenvalue weighted by Crippen LogP contribution is 2.31. The van der Waals surface area contributed by atoms with Crippen molar-refractivity contribution >= 4 is 12.4 Å².